The molecule has 0 aliphatic rings. The van der Waals surface area contributed by atoms with Gasteiger partial charge in [0.25, 0.3) is 0 Å². The quantitative estimate of drug-likeness (QED) is 0.293. The fourth-order valence-corrected chi connectivity index (χ4v) is 2.05. The van der Waals surface area contributed by atoms with Crippen molar-refractivity contribution in [3.63, 3.8) is 0 Å². The third-order valence-corrected chi connectivity index (χ3v) is 3.72. The van der Waals surface area contributed by atoms with E-state index < -0.39 is 0 Å². The fourth-order valence-electron chi connectivity index (χ4n) is 2.05. The molecule has 0 aromatic heterocycles. The average molecular weight is 317 g/mol. The maximum atomic E-state index is 3.90. The molecule has 2 unspecified atom stereocenters. The summed E-state index contributed by atoms with van der Waals surface area (Å²) in [7, 11) is 0. The average Bonchev–Trinajstić information content (AvgIpc) is 2.53. The third kappa shape index (κ3) is 10.8. The van der Waals surface area contributed by atoms with Crippen LogP contribution >= 0.6 is 0 Å². The lowest BCUT2D eigenvalue weighted by Gasteiger charge is -2.25. The van der Waals surface area contributed by atoms with Crippen molar-refractivity contribution >= 4 is 0 Å². The van der Waals surface area contributed by atoms with Gasteiger partial charge < -0.3 is 5.32 Å². The summed E-state index contributed by atoms with van der Waals surface area (Å²) in [5, 5.41) is 7.21. The summed E-state index contributed by atoms with van der Waals surface area (Å²) >= 11 is 0. The lowest BCUT2D eigenvalue weighted by atomic mass is 10.1. The molecule has 0 fully saturated rings. The molecule has 0 aromatic carbocycles. The Morgan fingerprint density at radius 1 is 1.13 bits per heavy atom. The van der Waals surface area contributed by atoms with E-state index in [1.165, 1.54) is 5.57 Å². The van der Waals surface area contributed by atoms with Crippen LogP contribution in [-0.4, -0.2) is 12.2 Å². The first-order valence-electron chi connectivity index (χ1n) is 8.78. The van der Waals surface area contributed by atoms with E-state index in [1.807, 2.05) is 19.9 Å². The Labute approximate surface area is 144 Å². The first-order valence-corrected chi connectivity index (χ1v) is 8.78. The Morgan fingerprint density at radius 2 is 1.83 bits per heavy atom. The molecule has 0 spiro atoms. The van der Waals surface area contributed by atoms with E-state index in [-0.39, 0.29) is 6.17 Å². The molecule has 2 nitrogen and oxygen atoms in total. The normalized spacial score (nSPS) is 16.1. The molecular weight excluding hydrogens is 280 g/mol. The maximum absolute atomic E-state index is 3.90. The minimum Gasteiger partial charge on any atom is -0.370 e. The number of allylic oxidation sites excluding steroid dienone is 7. The first-order chi connectivity index (χ1) is 10.9. The van der Waals surface area contributed by atoms with Crippen molar-refractivity contribution in [3.8, 4) is 0 Å². The molecule has 0 aliphatic carbocycles. The molecule has 2 atom stereocenters. The largest absolute Gasteiger partial charge is 0.370 e. The minimum atomic E-state index is 0.250. The molecule has 0 saturated carbocycles. The van der Waals surface area contributed by atoms with Gasteiger partial charge in [-0.15, -0.1) is 0 Å². The Balaban J connectivity index is 4.62. The Bertz CT molecular complexity index is 452. The van der Waals surface area contributed by atoms with Crippen molar-refractivity contribution in [3.05, 3.63) is 59.9 Å². The monoisotopic (exact) mass is 316 g/mol. The van der Waals surface area contributed by atoms with Gasteiger partial charge in [0.05, 0.1) is 6.17 Å². The second kappa shape index (κ2) is 13.0. The highest BCUT2D eigenvalue weighted by Gasteiger charge is 2.11. The highest BCUT2D eigenvalue weighted by atomic mass is 15.1. The Kier molecular flexibility index (Phi) is 12.1. The molecule has 23 heavy (non-hydrogen) atoms. The number of hydrogen-bond acceptors (Lipinski definition) is 2. The first kappa shape index (κ1) is 21.5. The zero-order valence-corrected chi connectivity index (χ0v) is 15.9. The molecule has 0 rings (SSSR count). The number of hydrogen-bond donors (Lipinski definition) is 2. The predicted molar refractivity (Wildman–Crippen MR) is 105 cm³/mol. The maximum Gasteiger partial charge on any atom is 0.0769 e. The molecule has 0 heterocycles. The topological polar surface area (TPSA) is 24.1 Å². The van der Waals surface area contributed by atoms with Crippen LogP contribution in [0, 0.1) is 0 Å². The van der Waals surface area contributed by atoms with Crippen LogP contribution < -0.4 is 10.6 Å². The highest BCUT2D eigenvalue weighted by Crippen LogP contribution is 2.06. The third-order valence-electron chi connectivity index (χ3n) is 3.72. The molecule has 130 valence electrons. The van der Waals surface area contributed by atoms with Gasteiger partial charge in [0.15, 0.2) is 0 Å². The second-order valence-electron chi connectivity index (χ2n) is 5.98. The molecule has 0 saturated heterocycles. The van der Waals surface area contributed by atoms with Crippen molar-refractivity contribution in [2.45, 2.75) is 73.0 Å². The van der Waals surface area contributed by atoms with Gasteiger partial charge in [-0.3, -0.25) is 5.32 Å². The van der Waals surface area contributed by atoms with Crippen LogP contribution in [0.1, 0.15) is 60.8 Å². The van der Waals surface area contributed by atoms with E-state index in [1.54, 1.807) is 0 Å². The van der Waals surface area contributed by atoms with E-state index in [2.05, 4.69) is 75.3 Å². The second-order valence-corrected chi connectivity index (χ2v) is 5.98. The zero-order chi connectivity index (χ0) is 17.7. The van der Waals surface area contributed by atoms with Crippen LogP contribution in [0.2, 0.25) is 0 Å². The van der Waals surface area contributed by atoms with Crippen molar-refractivity contribution in [1.29, 1.82) is 0 Å². The molecule has 2 heteroatoms. The zero-order valence-electron chi connectivity index (χ0n) is 15.9. The summed E-state index contributed by atoms with van der Waals surface area (Å²) in [5.41, 5.74) is 3.55. The lowest BCUT2D eigenvalue weighted by Crippen LogP contribution is -2.45. The minimum absolute atomic E-state index is 0.250. The van der Waals surface area contributed by atoms with E-state index in [0.717, 1.165) is 30.5 Å². The van der Waals surface area contributed by atoms with Crippen LogP contribution in [-0.2, 0) is 0 Å². The van der Waals surface area contributed by atoms with Gasteiger partial charge >= 0.3 is 0 Å². The van der Waals surface area contributed by atoms with E-state index >= 15 is 0 Å². The van der Waals surface area contributed by atoms with E-state index in [4.69, 9.17) is 0 Å². The molecule has 0 bridgehead atoms. The van der Waals surface area contributed by atoms with Crippen LogP contribution in [0.15, 0.2) is 59.9 Å². The van der Waals surface area contributed by atoms with Crippen LogP contribution in [0.25, 0.3) is 0 Å². The molecule has 0 radical (unpaired) electrons. The number of rotatable bonds is 11. The van der Waals surface area contributed by atoms with E-state index in [9.17, 15) is 0 Å². The summed E-state index contributed by atoms with van der Waals surface area (Å²) in [4.78, 5) is 0. The van der Waals surface area contributed by atoms with Gasteiger partial charge in [-0.2, -0.15) is 0 Å². The van der Waals surface area contributed by atoms with Crippen LogP contribution in [0.5, 0.6) is 0 Å². The predicted octanol–water partition coefficient (Wildman–Crippen LogP) is 5.63. The van der Waals surface area contributed by atoms with Crippen molar-refractivity contribution in [2.75, 3.05) is 0 Å². The molecule has 0 aromatic rings. The van der Waals surface area contributed by atoms with E-state index in [0.29, 0.717) is 6.04 Å². The lowest BCUT2D eigenvalue weighted by molar-refractivity contribution is 0.421. The van der Waals surface area contributed by atoms with Gasteiger partial charge in [0, 0.05) is 11.7 Å². The molecule has 0 amide bonds. The van der Waals surface area contributed by atoms with Gasteiger partial charge in [-0.1, -0.05) is 62.0 Å². The van der Waals surface area contributed by atoms with Gasteiger partial charge in [0.1, 0.15) is 0 Å². The molecule has 0 aliphatic heterocycles. The summed E-state index contributed by atoms with van der Waals surface area (Å²) in [6.45, 7) is 16.7. The SMILES string of the molecule is C=C(C)/C=C\C(=C/C)NC(CC)NC(C)/C(C)=C\CC=CCC. The summed E-state index contributed by atoms with van der Waals surface area (Å²) in [6.07, 6.45) is 16.3. The Hall–Kier alpha value is -1.54. The van der Waals surface area contributed by atoms with Crippen molar-refractivity contribution < 1.29 is 0 Å². The fraction of sp³-hybridized carbons (Fsp3) is 0.524. The smallest absolute Gasteiger partial charge is 0.0769 e. The van der Waals surface area contributed by atoms with Gasteiger partial charge in [-0.05, 0) is 53.0 Å². The highest BCUT2D eigenvalue weighted by molar-refractivity contribution is 5.24. The van der Waals surface area contributed by atoms with Crippen molar-refractivity contribution in [1.82, 2.24) is 10.6 Å². The van der Waals surface area contributed by atoms with Crippen molar-refractivity contribution in [2.24, 2.45) is 0 Å². The summed E-state index contributed by atoms with van der Waals surface area (Å²) < 4.78 is 0. The summed E-state index contributed by atoms with van der Waals surface area (Å²) in [5.74, 6) is 0. The van der Waals surface area contributed by atoms with Gasteiger partial charge in [0.2, 0.25) is 0 Å². The van der Waals surface area contributed by atoms with Crippen LogP contribution in [0.4, 0.5) is 0 Å². The summed E-state index contributed by atoms with van der Waals surface area (Å²) in [6, 6.07) is 0.353. The number of nitrogens with one attached hydrogen (secondary N) is 2. The molecule has 2 N–H and O–H groups in total. The van der Waals surface area contributed by atoms with Crippen LogP contribution in [0.3, 0.4) is 0 Å². The Morgan fingerprint density at radius 3 is 2.35 bits per heavy atom. The molecular formula is C21H36N2. The standard InChI is InChI=1S/C21H36N2/c1-8-11-12-13-14-18(6)19(7)22-21(10-3)23-20(9-2)16-15-17(4)5/h9,11-12,14-16,19,21-23H,4,8,10,13H2,1-3,5-7H3/b12-11?,16-15-,18-14-,20-9+. The van der Waals surface area contributed by atoms with Gasteiger partial charge in [-0.25, -0.2) is 0 Å².